The lowest BCUT2D eigenvalue weighted by atomic mass is 10.0. The molecule has 332 valence electrons. The zero-order valence-electron chi connectivity index (χ0n) is 38.1. The molecule has 0 bridgehead atoms. The van der Waals surface area contributed by atoms with Crippen molar-refractivity contribution in [2.45, 2.75) is 284 Å². The van der Waals surface area contributed by atoms with Gasteiger partial charge in [0, 0.05) is 19.3 Å². The molecule has 0 heterocycles. The number of unbranched alkanes of at least 4 members (excludes halogenated alkanes) is 32. The summed E-state index contributed by atoms with van der Waals surface area (Å²) in [6.45, 7) is 9.00. The quantitative estimate of drug-likeness (QED) is 0.0347. The molecule has 1 atom stereocenters. The summed E-state index contributed by atoms with van der Waals surface area (Å²) in [5.74, 6) is -0.0290. The maximum absolute atomic E-state index is 12.7. The summed E-state index contributed by atoms with van der Waals surface area (Å²) < 4.78 is 16.8. The van der Waals surface area contributed by atoms with Crippen molar-refractivity contribution in [1.29, 1.82) is 0 Å². The van der Waals surface area contributed by atoms with Crippen LogP contribution in [0, 0.1) is 5.92 Å². The van der Waals surface area contributed by atoms with Crippen LogP contribution in [-0.2, 0) is 28.6 Å². The molecule has 0 aromatic rings. The van der Waals surface area contributed by atoms with Gasteiger partial charge >= 0.3 is 17.9 Å². The van der Waals surface area contributed by atoms with Gasteiger partial charge in [-0.25, -0.2) is 0 Å². The molecule has 0 radical (unpaired) electrons. The smallest absolute Gasteiger partial charge is 0.306 e. The van der Waals surface area contributed by atoms with Crippen molar-refractivity contribution >= 4 is 17.9 Å². The van der Waals surface area contributed by atoms with Crippen LogP contribution < -0.4 is 0 Å². The molecule has 0 aliphatic heterocycles. The number of carbonyl (C=O) groups is 3. The monoisotopic (exact) mass is 793 g/mol. The minimum Gasteiger partial charge on any atom is -0.462 e. The average Bonchev–Trinajstić information content (AvgIpc) is 3.18. The van der Waals surface area contributed by atoms with Gasteiger partial charge in [-0.05, 0) is 25.2 Å². The molecule has 6 nitrogen and oxygen atoms in total. The number of hydrogen-bond donors (Lipinski definition) is 0. The van der Waals surface area contributed by atoms with E-state index in [1.165, 1.54) is 173 Å². The summed E-state index contributed by atoms with van der Waals surface area (Å²) in [5.41, 5.74) is 0. The lowest BCUT2D eigenvalue weighted by molar-refractivity contribution is -0.167. The maximum Gasteiger partial charge on any atom is 0.306 e. The van der Waals surface area contributed by atoms with Gasteiger partial charge in [-0.2, -0.15) is 0 Å². The summed E-state index contributed by atoms with van der Waals surface area (Å²) in [7, 11) is 0. The fourth-order valence-electron chi connectivity index (χ4n) is 7.51. The molecule has 0 N–H and O–H groups in total. The maximum atomic E-state index is 12.7. The zero-order valence-corrected chi connectivity index (χ0v) is 38.1. The Hall–Kier alpha value is -1.59. The van der Waals surface area contributed by atoms with E-state index in [1.807, 2.05) is 0 Å². The number of hydrogen-bond acceptors (Lipinski definition) is 6. The Labute approximate surface area is 348 Å². The molecule has 0 saturated heterocycles. The normalized spacial score (nSPS) is 11.9. The first-order valence-corrected chi connectivity index (χ1v) is 24.9. The minimum atomic E-state index is -0.759. The van der Waals surface area contributed by atoms with Gasteiger partial charge < -0.3 is 14.2 Å². The number of esters is 3. The first-order valence-electron chi connectivity index (χ1n) is 24.9. The first kappa shape index (κ1) is 54.4. The Morgan fingerprint density at radius 1 is 0.339 bits per heavy atom. The van der Waals surface area contributed by atoms with Crippen molar-refractivity contribution in [3.05, 3.63) is 0 Å². The van der Waals surface area contributed by atoms with Gasteiger partial charge in [-0.1, -0.05) is 240 Å². The van der Waals surface area contributed by atoms with Gasteiger partial charge in [0.2, 0.25) is 0 Å². The second-order valence-electron chi connectivity index (χ2n) is 17.6. The van der Waals surface area contributed by atoms with E-state index in [0.29, 0.717) is 19.3 Å². The van der Waals surface area contributed by atoms with E-state index in [9.17, 15) is 14.4 Å². The molecule has 0 aliphatic rings. The van der Waals surface area contributed by atoms with E-state index in [0.717, 1.165) is 63.7 Å². The molecule has 0 saturated carbocycles. The number of ether oxygens (including phenoxy) is 3. The molecule has 6 heteroatoms. The van der Waals surface area contributed by atoms with Gasteiger partial charge in [-0.3, -0.25) is 14.4 Å². The number of carbonyl (C=O) groups excluding carboxylic acids is 3. The van der Waals surface area contributed by atoms with E-state index in [2.05, 4.69) is 27.7 Å². The predicted octanol–water partition coefficient (Wildman–Crippen LogP) is 15.9. The highest BCUT2D eigenvalue weighted by atomic mass is 16.6. The predicted molar refractivity (Wildman–Crippen MR) is 238 cm³/mol. The van der Waals surface area contributed by atoms with Crippen LogP contribution in [0.25, 0.3) is 0 Å². The van der Waals surface area contributed by atoms with Crippen LogP contribution in [-0.4, -0.2) is 37.2 Å². The Balaban J connectivity index is 4.32. The Bertz CT molecular complexity index is 841. The molecular weight excluding hydrogens is 697 g/mol. The van der Waals surface area contributed by atoms with Crippen LogP contribution in [0.15, 0.2) is 0 Å². The summed E-state index contributed by atoms with van der Waals surface area (Å²) in [5, 5.41) is 0. The molecule has 0 aromatic carbocycles. The van der Waals surface area contributed by atoms with Crippen LogP contribution in [0.5, 0.6) is 0 Å². The highest BCUT2D eigenvalue weighted by Crippen LogP contribution is 2.17. The highest BCUT2D eigenvalue weighted by molar-refractivity contribution is 5.71. The van der Waals surface area contributed by atoms with E-state index >= 15 is 0 Å². The van der Waals surface area contributed by atoms with Gasteiger partial charge in [0.05, 0.1) is 0 Å². The second kappa shape index (κ2) is 44.5. The van der Waals surface area contributed by atoms with Crippen molar-refractivity contribution in [3.63, 3.8) is 0 Å². The standard InChI is InChI=1S/C50H96O6/c1-5-7-9-11-13-15-17-19-21-25-29-33-37-41-48(51)54-44-47(56-50(53)43-39-35-31-27-20-18-16-14-12-10-8-6-2)45-55-49(52)42-38-34-30-26-23-22-24-28-32-36-40-46(3)4/h46-47H,5-45H2,1-4H3/t47-/m0/s1. The molecule has 0 aromatic heterocycles. The summed E-state index contributed by atoms with van der Waals surface area (Å²) in [6.07, 6.45) is 45.1. The fourth-order valence-corrected chi connectivity index (χ4v) is 7.51. The van der Waals surface area contributed by atoms with Crippen LogP contribution in [0.2, 0.25) is 0 Å². The Kier molecular flexibility index (Phi) is 43.2. The van der Waals surface area contributed by atoms with Crippen molar-refractivity contribution < 1.29 is 28.6 Å². The van der Waals surface area contributed by atoms with E-state index in [1.54, 1.807) is 0 Å². The Morgan fingerprint density at radius 3 is 0.875 bits per heavy atom. The van der Waals surface area contributed by atoms with E-state index in [-0.39, 0.29) is 31.1 Å². The lowest BCUT2D eigenvalue weighted by Crippen LogP contribution is -2.30. The fraction of sp³-hybridized carbons (Fsp3) is 0.940. The van der Waals surface area contributed by atoms with Crippen LogP contribution >= 0.6 is 0 Å². The molecule has 0 spiro atoms. The largest absolute Gasteiger partial charge is 0.462 e. The van der Waals surface area contributed by atoms with Gasteiger partial charge in [0.1, 0.15) is 13.2 Å². The number of rotatable bonds is 45. The van der Waals surface area contributed by atoms with E-state index < -0.39 is 6.10 Å². The summed E-state index contributed by atoms with van der Waals surface area (Å²) in [4.78, 5) is 37.8. The lowest BCUT2D eigenvalue weighted by Gasteiger charge is -2.18. The van der Waals surface area contributed by atoms with Crippen molar-refractivity contribution in [3.8, 4) is 0 Å². The van der Waals surface area contributed by atoms with Gasteiger partial charge in [0.25, 0.3) is 0 Å². The van der Waals surface area contributed by atoms with Crippen molar-refractivity contribution in [2.24, 2.45) is 5.92 Å². The second-order valence-corrected chi connectivity index (χ2v) is 17.6. The summed E-state index contributed by atoms with van der Waals surface area (Å²) in [6, 6.07) is 0. The van der Waals surface area contributed by atoms with E-state index in [4.69, 9.17) is 14.2 Å². The van der Waals surface area contributed by atoms with Gasteiger partial charge in [0.15, 0.2) is 6.10 Å². The molecule has 0 amide bonds. The third kappa shape index (κ3) is 43.5. The summed E-state index contributed by atoms with van der Waals surface area (Å²) >= 11 is 0. The third-order valence-electron chi connectivity index (χ3n) is 11.3. The van der Waals surface area contributed by atoms with Crippen LogP contribution in [0.4, 0.5) is 0 Å². The molecule has 56 heavy (non-hydrogen) atoms. The molecule has 0 rings (SSSR count). The zero-order chi connectivity index (χ0) is 41.0. The highest BCUT2D eigenvalue weighted by Gasteiger charge is 2.19. The molecule has 0 fully saturated rings. The van der Waals surface area contributed by atoms with Crippen molar-refractivity contribution in [2.75, 3.05) is 13.2 Å². The van der Waals surface area contributed by atoms with Gasteiger partial charge in [-0.15, -0.1) is 0 Å². The van der Waals surface area contributed by atoms with Crippen LogP contribution in [0.3, 0.4) is 0 Å². The van der Waals surface area contributed by atoms with Crippen LogP contribution in [0.1, 0.15) is 278 Å². The molecule has 0 aliphatic carbocycles. The van der Waals surface area contributed by atoms with Crippen molar-refractivity contribution in [1.82, 2.24) is 0 Å². The topological polar surface area (TPSA) is 78.9 Å². The average molecular weight is 793 g/mol. The SMILES string of the molecule is CCCCCCCCCCCCCCCC(=O)OC[C@@H](COC(=O)CCCCCCCCCCCCC(C)C)OC(=O)CCCCCCCCCCCCCC. The molecular formula is C50H96O6. The Morgan fingerprint density at radius 2 is 0.589 bits per heavy atom. The first-order chi connectivity index (χ1) is 27.4. The molecule has 0 unspecified atom stereocenters. The minimum absolute atomic E-state index is 0.0630. The third-order valence-corrected chi connectivity index (χ3v) is 11.3.